The number of rotatable bonds is 6. The van der Waals surface area contributed by atoms with Crippen molar-refractivity contribution in [1.29, 1.82) is 0 Å². The highest BCUT2D eigenvalue weighted by Gasteiger charge is 2.22. The first-order valence-electron chi connectivity index (χ1n) is 8.56. The molecule has 0 aliphatic heterocycles. The summed E-state index contributed by atoms with van der Waals surface area (Å²) >= 11 is 0. The van der Waals surface area contributed by atoms with Gasteiger partial charge in [-0.25, -0.2) is 22.8 Å². The van der Waals surface area contributed by atoms with Crippen LogP contribution in [0.3, 0.4) is 0 Å². The summed E-state index contributed by atoms with van der Waals surface area (Å²) < 4.78 is 44.5. The molecule has 29 heavy (non-hydrogen) atoms. The molecule has 0 radical (unpaired) electrons. The number of esters is 1. The largest absolute Gasteiger partial charge is 0.423 e. The van der Waals surface area contributed by atoms with Crippen molar-refractivity contribution in [1.82, 2.24) is 15.0 Å². The van der Waals surface area contributed by atoms with E-state index in [-0.39, 0.29) is 33.7 Å². The number of hydrogen-bond donors (Lipinski definition) is 1. The number of anilines is 2. The fourth-order valence-electron chi connectivity index (χ4n) is 2.45. The predicted octanol–water partition coefficient (Wildman–Crippen LogP) is 3.14. The maximum absolute atomic E-state index is 14.7. The van der Waals surface area contributed by atoms with Crippen LogP contribution in [0.4, 0.5) is 15.9 Å². The van der Waals surface area contributed by atoms with E-state index >= 15 is 0 Å². The summed E-state index contributed by atoms with van der Waals surface area (Å²) in [5.41, 5.74) is 0.508. The van der Waals surface area contributed by atoms with Crippen molar-refractivity contribution in [2.45, 2.75) is 18.7 Å². The van der Waals surface area contributed by atoms with Crippen LogP contribution in [0.25, 0.3) is 11.4 Å². The molecule has 0 aliphatic carbocycles. The third-order valence-corrected chi connectivity index (χ3v) is 5.61. The van der Waals surface area contributed by atoms with E-state index in [0.29, 0.717) is 5.56 Å². The lowest BCUT2D eigenvalue weighted by Crippen LogP contribution is -2.11. The minimum absolute atomic E-state index is 0.0902. The number of nitrogens with zero attached hydrogens (tertiary/aromatic N) is 3. The van der Waals surface area contributed by atoms with Crippen LogP contribution in [0, 0.1) is 5.82 Å². The second-order valence-electron chi connectivity index (χ2n) is 5.88. The van der Waals surface area contributed by atoms with Crippen molar-refractivity contribution >= 4 is 27.3 Å². The van der Waals surface area contributed by atoms with Crippen molar-refractivity contribution in [3.63, 3.8) is 0 Å². The number of carbonyl (C=O) groups excluding carboxylic acids is 1. The third-order valence-electron chi connectivity index (χ3n) is 3.88. The van der Waals surface area contributed by atoms with E-state index < -0.39 is 21.6 Å². The Morgan fingerprint density at radius 2 is 1.93 bits per heavy atom. The number of nitrogens with one attached hydrogen (secondary N) is 1. The Labute approximate surface area is 166 Å². The zero-order valence-electron chi connectivity index (χ0n) is 15.6. The van der Waals surface area contributed by atoms with Gasteiger partial charge in [-0.2, -0.15) is 0 Å². The first-order chi connectivity index (χ1) is 13.8. The molecule has 0 unspecified atom stereocenters. The van der Waals surface area contributed by atoms with Gasteiger partial charge in [-0.05, 0) is 24.3 Å². The third kappa shape index (κ3) is 4.54. The molecule has 8 nitrogen and oxygen atoms in total. The van der Waals surface area contributed by atoms with Gasteiger partial charge in [0.15, 0.2) is 33.0 Å². The minimum Gasteiger partial charge on any atom is -0.423 e. The van der Waals surface area contributed by atoms with Gasteiger partial charge in [0, 0.05) is 24.9 Å². The van der Waals surface area contributed by atoms with Crippen molar-refractivity contribution < 1.29 is 22.3 Å². The summed E-state index contributed by atoms with van der Waals surface area (Å²) in [5.74, 6) is -1.86. The van der Waals surface area contributed by atoms with Gasteiger partial charge in [0.25, 0.3) is 0 Å². The van der Waals surface area contributed by atoms with E-state index in [0.717, 1.165) is 6.92 Å². The van der Waals surface area contributed by atoms with E-state index in [1.54, 1.807) is 24.5 Å². The molecule has 1 aromatic carbocycles. The van der Waals surface area contributed by atoms with Crippen molar-refractivity contribution in [3.8, 4) is 17.1 Å². The summed E-state index contributed by atoms with van der Waals surface area (Å²) in [5, 5.41) is 2.69. The van der Waals surface area contributed by atoms with E-state index in [1.807, 2.05) is 0 Å². The van der Waals surface area contributed by atoms with Crippen molar-refractivity contribution in [2.24, 2.45) is 0 Å². The van der Waals surface area contributed by atoms with Gasteiger partial charge in [0.05, 0.1) is 17.6 Å². The number of ether oxygens (including phenoxy) is 1. The number of carbonyl (C=O) groups is 1. The van der Waals surface area contributed by atoms with Crippen molar-refractivity contribution in [3.05, 3.63) is 54.7 Å². The molecular weight excluding hydrogens is 399 g/mol. The van der Waals surface area contributed by atoms with Gasteiger partial charge in [-0.1, -0.05) is 13.0 Å². The van der Waals surface area contributed by atoms with E-state index in [4.69, 9.17) is 4.74 Å². The molecule has 0 bridgehead atoms. The molecule has 0 spiro atoms. The van der Waals surface area contributed by atoms with Crippen LogP contribution in [0.5, 0.6) is 5.75 Å². The normalized spacial score (nSPS) is 11.1. The van der Waals surface area contributed by atoms with E-state index in [1.165, 1.54) is 31.3 Å². The van der Waals surface area contributed by atoms with Crippen LogP contribution >= 0.6 is 0 Å². The van der Waals surface area contributed by atoms with Crippen LogP contribution in [0.2, 0.25) is 0 Å². The molecule has 0 saturated heterocycles. The van der Waals surface area contributed by atoms with Gasteiger partial charge in [0.2, 0.25) is 0 Å². The quantitative estimate of drug-likeness (QED) is 0.482. The Kier molecular flexibility index (Phi) is 5.83. The van der Waals surface area contributed by atoms with Gasteiger partial charge in [-0.15, -0.1) is 0 Å². The first-order valence-corrected chi connectivity index (χ1v) is 10.2. The number of benzene rings is 1. The Hall–Kier alpha value is -3.40. The maximum atomic E-state index is 14.7. The van der Waals surface area contributed by atoms with Crippen LogP contribution in [0.1, 0.15) is 13.8 Å². The molecule has 2 aromatic heterocycles. The molecule has 0 amide bonds. The molecule has 1 N–H and O–H groups in total. The Morgan fingerprint density at radius 1 is 1.21 bits per heavy atom. The van der Waals surface area contributed by atoms with Gasteiger partial charge < -0.3 is 10.1 Å². The predicted molar refractivity (Wildman–Crippen MR) is 104 cm³/mol. The highest BCUT2D eigenvalue weighted by Crippen LogP contribution is 2.30. The Balaban J connectivity index is 2.11. The van der Waals surface area contributed by atoms with Crippen LogP contribution in [-0.2, 0) is 14.6 Å². The lowest BCUT2D eigenvalue weighted by molar-refractivity contribution is -0.132. The molecule has 150 valence electrons. The fourth-order valence-corrected chi connectivity index (χ4v) is 3.37. The average Bonchev–Trinajstić information content (AvgIpc) is 2.71. The highest BCUT2D eigenvalue weighted by atomic mass is 32.2. The topological polar surface area (TPSA) is 111 Å². The lowest BCUT2D eigenvalue weighted by atomic mass is 10.2. The molecule has 3 aromatic rings. The summed E-state index contributed by atoms with van der Waals surface area (Å²) in [4.78, 5) is 23.3. The first kappa shape index (κ1) is 20.3. The highest BCUT2D eigenvalue weighted by molar-refractivity contribution is 7.91. The zero-order chi connectivity index (χ0) is 21.0. The zero-order valence-corrected chi connectivity index (χ0v) is 16.4. The van der Waals surface area contributed by atoms with Crippen LogP contribution in [0.15, 0.2) is 53.8 Å². The van der Waals surface area contributed by atoms with Gasteiger partial charge >= 0.3 is 5.97 Å². The summed E-state index contributed by atoms with van der Waals surface area (Å²) in [6, 6.07) is 7.44. The summed E-state index contributed by atoms with van der Waals surface area (Å²) in [7, 11) is -3.70. The number of hydrogen-bond acceptors (Lipinski definition) is 8. The Bertz CT molecular complexity index is 1150. The van der Waals surface area contributed by atoms with Crippen molar-refractivity contribution in [2.75, 3.05) is 11.1 Å². The monoisotopic (exact) mass is 416 g/mol. The maximum Gasteiger partial charge on any atom is 0.308 e. The van der Waals surface area contributed by atoms with E-state index in [2.05, 4.69) is 20.3 Å². The molecular formula is C19H17FN4O4S. The molecule has 2 heterocycles. The number of halogens is 1. The summed E-state index contributed by atoms with van der Waals surface area (Å²) in [6.45, 7) is 2.63. The fraction of sp³-hybridized carbons (Fsp3) is 0.158. The van der Waals surface area contributed by atoms with E-state index in [9.17, 15) is 17.6 Å². The second kappa shape index (κ2) is 8.31. The molecule has 0 aliphatic rings. The second-order valence-corrected chi connectivity index (χ2v) is 8.13. The smallest absolute Gasteiger partial charge is 0.308 e. The van der Waals surface area contributed by atoms with Gasteiger partial charge in [0.1, 0.15) is 4.90 Å². The van der Waals surface area contributed by atoms with Gasteiger partial charge in [-0.3, -0.25) is 9.78 Å². The average molecular weight is 416 g/mol. The number of aromatic nitrogens is 3. The Morgan fingerprint density at radius 3 is 2.59 bits per heavy atom. The number of pyridine rings is 1. The SMILES string of the molecule is CCS(=O)(=O)c1cnc(-c2ccncc2)nc1Nc1cccc(OC(C)=O)c1F. The number of sulfone groups is 1. The van der Waals surface area contributed by atoms with Crippen LogP contribution < -0.4 is 10.1 Å². The lowest BCUT2D eigenvalue weighted by Gasteiger charge is -2.14. The molecule has 0 saturated carbocycles. The molecule has 3 rings (SSSR count). The molecule has 0 atom stereocenters. The summed E-state index contributed by atoms with van der Waals surface area (Å²) in [6.07, 6.45) is 4.27. The molecule has 0 fully saturated rings. The minimum atomic E-state index is -3.70. The molecule has 10 heteroatoms. The van der Waals surface area contributed by atoms with Crippen LogP contribution in [-0.4, -0.2) is 35.1 Å². The standard InChI is InChI=1S/C19H17FN4O4S/c1-3-29(26,27)16-11-22-18(13-7-9-21-10-8-13)24-19(16)23-14-5-4-6-15(17(14)20)28-12(2)25/h4-11H,3H2,1-2H3,(H,22,23,24).